The van der Waals surface area contributed by atoms with E-state index >= 15 is 0 Å². The molecule has 22 heavy (non-hydrogen) atoms. The Kier molecular flexibility index (Phi) is 4.24. The molecule has 2 aromatic carbocycles. The van der Waals surface area contributed by atoms with Crippen molar-refractivity contribution in [3.05, 3.63) is 84.4 Å². The molecule has 0 aliphatic carbocycles. The first-order chi connectivity index (χ1) is 10.8. The van der Waals surface area contributed by atoms with Crippen LogP contribution in [-0.4, -0.2) is 28.4 Å². The van der Waals surface area contributed by atoms with Gasteiger partial charge >= 0.3 is 6.03 Å². The van der Waals surface area contributed by atoms with E-state index in [1.807, 2.05) is 64.4 Å². The SMILES string of the molecule is C=CC1CN(Cc2ccccc2)C(=O)N1Cc1ccccc1. The smallest absolute Gasteiger partial charge is 0.318 e. The molecule has 1 atom stereocenters. The van der Waals surface area contributed by atoms with E-state index in [1.165, 1.54) is 0 Å². The van der Waals surface area contributed by atoms with Gasteiger partial charge in [0.1, 0.15) is 0 Å². The van der Waals surface area contributed by atoms with Gasteiger partial charge in [-0.05, 0) is 11.1 Å². The fraction of sp³-hybridized carbons (Fsp3) is 0.211. The van der Waals surface area contributed by atoms with Crippen LogP contribution in [0.25, 0.3) is 0 Å². The van der Waals surface area contributed by atoms with Crippen molar-refractivity contribution in [1.82, 2.24) is 9.80 Å². The zero-order valence-electron chi connectivity index (χ0n) is 12.6. The number of urea groups is 1. The van der Waals surface area contributed by atoms with Gasteiger partial charge in [0.25, 0.3) is 0 Å². The minimum Gasteiger partial charge on any atom is -0.318 e. The van der Waals surface area contributed by atoms with E-state index in [2.05, 4.69) is 18.7 Å². The molecule has 2 amide bonds. The second-order valence-corrected chi connectivity index (χ2v) is 5.57. The summed E-state index contributed by atoms with van der Waals surface area (Å²) < 4.78 is 0. The molecule has 1 aliphatic heterocycles. The summed E-state index contributed by atoms with van der Waals surface area (Å²) in [6, 6.07) is 20.3. The molecule has 1 unspecified atom stereocenters. The molecule has 2 aromatic rings. The molecule has 1 saturated heterocycles. The van der Waals surface area contributed by atoms with Crippen molar-refractivity contribution in [3.8, 4) is 0 Å². The summed E-state index contributed by atoms with van der Waals surface area (Å²) in [6.45, 7) is 5.86. The van der Waals surface area contributed by atoms with E-state index < -0.39 is 0 Å². The Hall–Kier alpha value is -2.55. The molecule has 0 aromatic heterocycles. The van der Waals surface area contributed by atoms with Crippen LogP contribution in [0.2, 0.25) is 0 Å². The third-order valence-corrected chi connectivity index (χ3v) is 4.01. The van der Waals surface area contributed by atoms with E-state index in [4.69, 9.17) is 0 Å². The minimum absolute atomic E-state index is 0.0661. The Labute approximate surface area is 131 Å². The van der Waals surface area contributed by atoms with Crippen molar-refractivity contribution in [1.29, 1.82) is 0 Å². The summed E-state index contributed by atoms with van der Waals surface area (Å²) in [5.41, 5.74) is 2.30. The normalized spacial score (nSPS) is 17.8. The maximum Gasteiger partial charge on any atom is 0.321 e. The fourth-order valence-electron chi connectivity index (χ4n) is 2.83. The maximum atomic E-state index is 12.7. The van der Waals surface area contributed by atoms with Crippen molar-refractivity contribution in [3.63, 3.8) is 0 Å². The summed E-state index contributed by atoms with van der Waals surface area (Å²) in [5.74, 6) is 0. The van der Waals surface area contributed by atoms with Crippen molar-refractivity contribution in [2.24, 2.45) is 0 Å². The van der Waals surface area contributed by atoms with Crippen LogP contribution in [0.5, 0.6) is 0 Å². The first-order valence-electron chi connectivity index (χ1n) is 7.54. The molecule has 0 spiro atoms. The monoisotopic (exact) mass is 292 g/mol. The first kappa shape index (κ1) is 14.4. The van der Waals surface area contributed by atoms with Gasteiger partial charge in [0.05, 0.1) is 6.04 Å². The Balaban J connectivity index is 1.74. The second-order valence-electron chi connectivity index (χ2n) is 5.57. The lowest BCUT2D eigenvalue weighted by Gasteiger charge is -2.21. The van der Waals surface area contributed by atoms with E-state index in [1.54, 1.807) is 0 Å². The summed E-state index contributed by atoms with van der Waals surface area (Å²) in [5, 5.41) is 0. The third kappa shape index (κ3) is 3.03. The van der Waals surface area contributed by atoms with Gasteiger partial charge in [-0.25, -0.2) is 4.79 Å². The van der Waals surface area contributed by atoms with Gasteiger partial charge in [-0.1, -0.05) is 66.7 Å². The van der Waals surface area contributed by atoms with Crippen LogP contribution in [0, 0.1) is 0 Å². The van der Waals surface area contributed by atoms with Gasteiger partial charge in [-0.2, -0.15) is 0 Å². The zero-order chi connectivity index (χ0) is 15.4. The minimum atomic E-state index is 0.0661. The molecular weight excluding hydrogens is 272 g/mol. The molecular formula is C19H20N2O. The van der Waals surface area contributed by atoms with Gasteiger partial charge < -0.3 is 9.80 Å². The molecule has 112 valence electrons. The average Bonchev–Trinajstić information content (AvgIpc) is 2.86. The Morgan fingerprint density at radius 1 is 0.955 bits per heavy atom. The lowest BCUT2D eigenvalue weighted by atomic mass is 10.2. The van der Waals surface area contributed by atoms with Gasteiger partial charge in [0.15, 0.2) is 0 Å². The van der Waals surface area contributed by atoms with E-state index in [9.17, 15) is 4.79 Å². The summed E-state index contributed by atoms with van der Waals surface area (Å²) >= 11 is 0. The van der Waals surface area contributed by atoms with Crippen molar-refractivity contribution < 1.29 is 4.79 Å². The van der Waals surface area contributed by atoms with Gasteiger partial charge in [0.2, 0.25) is 0 Å². The second kappa shape index (κ2) is 6.48. The topological polar surface area (TPSA) is 23.6 Å². The van der Waals surface area contributed by atoms with Gasteiger partial charge in [-0.15, -0.1) is 6.58 Å². The molecule has 0 bridgehead atoms. The van der Waals surface area contributed by atoms with Crippen molar-refractivity contribution >= 4 is 6.03 Å². The average molecular weight is 292 g/mol. The van der Waals surface area contributed by atoms with E-state index in [-0.39, 0.29) is 12.1 Å². The molecule has 3 nitrogen and oxygen atoms in total. The highest BCUT2D eigenvalue weighted by Gasteiger charge is 2.35. The molecule has 0 saturated carbocycles. The number of amides is 2. The number of hydrogen-bond acceptors (Lipinski definition) is 1. The van der Waals surface area contributed by atoms with Gasteiger partial charge in [-0.3, -0.25) is 0 Å². The number of benzene rings is 2. The van der Waals surface area contributed by atoms with E-state index in [0.29, 0.717) is 19.6 Å². The summed E-state index contributed by atoms with van der Waals surface area (Å²) in [4.78, 5) is 16.5. The quantitative estimate of drug-likeness (QED) is 0.771. The Morgan fingerprint density at radius 2 is 1.50 bits per heavy atom. The lowest BCUT2D eigenvalue weighted by Crippen LogP contribution is -2.33. The number of hydrogen-bond donors (Lipinski definition) is 0. The predicted octanol–water partition coefficient (Wildman–Crippen LogP) is 3.68. The van der Waals surface area contributed by atoms with Crippen LogP contribution >= 0.6 is 0 Å². The largest absolute Gasteiger partial charge is 0.321 e. The number of carbonyl (C=O) groups is 1. The first-order valence-corrected chi connectivity index (χ1v) is 7.54. The van der Waals surface area contributed by atoms with Crippen molar-refractivity contribution in [2.45, 2.75) is 19.1 Å². The standard InChI is InChI=1S/C19H20N2O/c1-2-18-15-20(13-16-9-5-3-6-10-16)19(22)21(18)14-17-11-7-4-8-12-17/h2-12,18H,1,13-15H2. The molecule has 1 aliphatic rings. The highest BCUT2D eigenvalue weighted by molar-refractivity contribution is 5.77. The molecule has 3 rings (SSSR count). The zero-order valence-corrected chi connectivity index (χ0v) is 12.6. The van der Waals surface area contributed by atoms with Crippen LogP contribution in [0.3, 0.4) is 0 Å². The highest BCUT2D eigenvalue weighted by Crippen LogP contribution is 2.21. The van der Waals surface area contributed by atoms with Crippen LogP contribution < -0.4 is 0 Å². The maximum absolute atomic E-state index is 12.7. The summed E-state index contributed by atoms with van der Waals surface area (Å²) in [7, 11) is 0. The van der Waals surface area contributed by atoms with Crippen LogP contribution in [-0.2, 0) is 13.1 Å². The van der Waals surface area contributed by atoms with Gasteiger partial charge in [0, 0.05) is 19.6 Å². The molecule has 1 heterocycles. The number of carbonyl (C=O) groups excluding carboxylic acids is 1. The molecule has 0 N–H and O–H groups in total. The third-order valence-electron chi connectivity index (χ3n) is 4.01. The Morgan fingerprint density at radius 3 is 2.05 bits per heavy atom. The molecule has 0 radical (unpaired) electrons. The number of rotatable bonds is 5. The Bertz CT molecular complexity index is 639. The fourth-order valence-corrected chi connectivity index (χ4v) is 2.83. The van der Waals surface area contributed by atoms with E-state index in [0.717, 1.165) is 11.1 Å². The predicted molar refractivity (Wildman–Crippen MR) is 88.2 cm³/mol. The molecule has 3 heteroatoms. The number of nitrogens with zero attached hydrogens (tertiary/aromatic N) is 2. The highest BCUT2D eigenvalue weighted by atomic mass is 16.2. The molecule has 1 fully saturated rings. The van der Waals surface area contributed by atoms with Crippen LogP contribution in [0.1, 0.15) is 11.1 Å². The lowest BCUT2D eigenvalue weighted by molar-refractivity contribution is 0.186. The van der Waals surface area contributed by atoms with Crippen LogP contribution in [0.4, 0.5) is 4.79 Å². The van der Waals surface area contributed by atoms with Crippen molar-refractivity contribution in [2.75, 3.05) is 6.54 Å². The summed E-state index contributed by atoms with van der Waals surface area (Å²) in [6.07, 6.45) is 1.87. The van der Waals surface area contributed by atoms with Crippen LogP contribution in [0.15, 0.2) is 73.3 Å².